The molecule has 1 N–H and O–H groups in total. The zero-order valence-corrected chi connectivity index (χ0v) is 18.1. The molecule has 0 radical (unpaired) electrons. The van der Waals surface area contributed by atoms with Crippen LogP contribution in [0.1, 0.15) is 16.7 Å². The fourth-order valence-corrected chi connectivity index (χ4v) is 3.69. The maximum atomic E-state index is 14.2. The third-order valence-electron chi connectivity index (χ3n) is 5.28. The lowest BCUT2D eigenvalue weighted by molar-refractivity contribution is -0.384. The fraction of sp³-hybridized carbons (Fsp3) is 0.0833. The molecule has 0 bridgehead atoms. The van der Waals surface area contributed by atoms with Crippen LogP contribution in [-0.2, 0) is 16.1 Å². The zero-order valence-electron chi connectivity index (χ0n) is 17.3. The van der Waals surface area contributed by atoms with Gasteiger partial charge in [-0.15, -0.1) is 0 Å². The third-order valence-corrected chi connectivity index (χ3v) is 5.52. The van der Waals surface area contributed by atoms with Crippen LogP contribution in [0.5, 0.6) is 0 Å². The summed E-state index contributed by atoms with van der Waals surface area (Å²) in [6.07, 6.45) is 0. The van der Waals surface area contributed by atoms with Crippen molar-refractivity contribution >= 4 is 40.4 Å². The van der Waals surface area contributed by atoms with Crippen molar-refractivity contribution in [2.45, 2.75) is 13.5 Å². The summed E-state index contributed by atoms with van der Waals surface area (Å²) < 4.78 is 14.2. The molecule has 0 unspecified atom stereocenters. The Morgan fingerprint density at radius 2 is 1.73 bits per heavy atom. The van der Waals surface area contributed by atoms with Gasteiger partial charge < -0.3 is 5.32 Å². The summed E-state index contributed by atoms with van der Waals surface area (Å²) in [7, 11) is 0. The molecule has 9 heteroatoms. The van der Waals surface area contributed by atoms with Gasteiger partial charge in [0, 0.05) is 28.4 Å². The van der Waals surface area contributed by atoms with Crippen LogP contribution in [-0.4, -0.2) is 21.6 Å². The maximum Gasteiger partial charge on any atom is 0.278 e. The average Bonchev–Trinajstić information content (AvgIpc) is 3.02. The van der Waals surface area contributed by atoms with Gasteiger partial charge >= 0.3 is 0 Å². The smallest absolute Gasteiger partial charge is 0.278 e. The van der Waals surface area contributed by atoms with E-state index in [9.17, 15) is 24.1 Å². The van der Waals surface area contributed by atoms with Crippen molar-refractivity contribution in [2.75, 3.05) is 5.32 Å². The van der Waals surface area contributed by atoms with E-state index in [0.29, 0.717) is 16.3 Å². The second-order valence-corrected chi connectivity index (χ2v) is 7.86. The molecule has 1 heterocycles. The van der Waals surface area contributed by atoms with Crippen LogP contribution in [0.15, 0.2) is 72.4 Å². The summed E-state index contributed by atoms with van der Waals surface area (Å²) in [5.41, 5.74) is 1.66. The SMILES string of the molecule is Cc1ccc(Cl)cc1NC1=C(c2ccc([N+](=O)[O-])cc2)C(=O)N(Cc2ccccc2F)C1=O. The Balaban J connectivity index is 1.79. The van der Waals surface area contributed by atoms with Gasteiger partial charge in [0.1, 0.15) is 11.5 Å². The molecular formula is C24H17ClFN3O4. The van der Waals surface area contributed by atoms with E-state index in [1.807, 2.05) is 6.92 Å². The summed E-state index contributed by atoms with van der Waals surface area (Å²) in [6.45, 7) is 1.55. The van der Waals surface area contributed by atoms with Crippen LogP contribution in [0, 0.1) is 22.9 Å². The number of nitro groups is 1. The van der Waals surface area contributed by atoms with Crippen LogP contribution in [0.3, 0.4) is 0 Å². The highest BCUT2D eigenvalue weighted by atomic mass is 35.5. The minimum Gasteiger partial charge on any atom is -0.350 e. The second kappa shape index (κ2) is 8.84. The highest BCUT2D eigenvalue weighted by Crippen LogP contribution is 2.33. The van der Waals surface area contributed by atoms with E-state index in [0.717, 1.165) is 10.5 Å². The van der Waals surface area contributed by atoms with Gasteiger partial charge in [0.05, 0.1) is 17.0 Å². The van der Waals surface area contributed by atoms with E-state index in [-0.39, 0.29) is 29.1 Å². The quantitative estimate of drug-likeness (QED) is 0.311. The Kier molecular flexibility index (Phi) is 5.93. The zero-order chi connectivity index (χ0) is 23.7. The normalized spacial score (nSPS) is 13.6. The minimum atomic E-state index is -0.643. The number of nitrogens with one attached hydrogen (secondary N) is 1. The number of benzene rings is 3. The molecule has 7 nitrogen and oxygen atoms in total. The standard InChI is InChI=1S/C24H17ClFN3O4/c1-14-6-9-17(25)12-20(14)27-22-21(15-7-10-18(11-8-15)29(32)33)23(30)28(24(22)31)13-16-4-2-3-5-19(16)26/h2-12,27H,13H2,1H3. The van der Waals surface area contributed by atoms with Crippen molar-refractivity contribution in [1.29, 1.82) is 0 Å². The summed E-state index contributed by atoms with van der Waals surface area (Å²) in [5, 5.41) is 14.4. The molecule has 2 amide bonds. The third kappa shape index (κ3) is 4.33. The number of nitro benzene ring substituents is 1. The Morgan fingerprint density at radius 1 is 1.03 bits per heavy atom. The summed E-state index contributed by atoms with van der Waals surface area (Å²) in [5.74, 6) is -1.82. The predicted octanol–water partition coefficient (Wildman–Crippen LogP) is 5.09. The van der Waals surface area contributed by atoms with E-state index in [1.54, 1.807) is 24.3 Å². The number of imide groups is 1. The first-order valence-corrected chi connectivity index (χ1v) is 10.3. The van der Waals surface area contributed by atoms with Gasteiger partial charge in [-0.3, -0.25) is 24.6 Å². The van der Waals surface area contributed by atoms with Crippen LogP contribution < -0.4 is 5.32 Å². The van der Waals surface area contributed by atoms with Gasteiger partial charge in [0.15, 0.2) is 0 Å². The molecule has 1 aliphatic rings. The number of hydrogen-bond donors (Lipinski definition) is 1. The summed E-state index contributed by atoms with van der Waals surface area (Å²) in [4.78, 5) is 38.0. The van der Waals surface area contributed by atoms with Crippen LogP contribution >= 0.6 is 11.6 Å². The van der Waals surface area contributed by atoms with Crippen LogP contribution in [0.4, 0.5) is 15.8 Å². The van der Waals surface area contributed by atoms with E-state index in [1.165, 1.54) is 42.5 Å². The first-order chi connectivity index (χ1) is 15.8. The highest BCUT2D eigenvalue weighted by Gasteiger charge is 2.39. The molecule has 0 saturated heterocycles. The van der Waals surface area contributed by atoms with Crippen molar-refractivity contribution in [3.05, 3.63) is 110 Å². The van der Waals surface area contributed by atoms with Crippen molar-refractivity contribution in [2.24, 2.45) is 0 Å². The minimum absolute atomic E-state index is 0.0180. The monoisotopic (exact) mass is 465 g/mol. The number of anilines is 1. The molecule has 0 fully saturated rings. The Labute approximate surface area is 193 Å². The largest absolute Gasteiger partial charge is 0.350 e. The Morgan fingerprint density at radius 3 is 2.39 bits per heavy atom. The average molecular weight is 466 g/mol. The van der Waals surface area contributed by atoms with E-state index in [4.69, 9.17) is 11.6 Å². The number of halogens is 2. The van der Waals surface area contributed by atoms with Crippen molar-refractivity contribution in [3.8, 4) is 0 Å². The first-order valence-electron chi connectivity index (χ1n) is 9.88. The predicted molar refractivity (Wildman–Crippen MR) is 122 cm³/mol. The molecule has 0 saturated carbocycles. The Bertz CT molecular complexity index is 1320. The number of carbonyl (C=O) groups is 2. The van der Waals surface area contributed by atoms with Gasteiger partial charge in [0.2, 0.25) is 0 Å². The number of non-ortho nitro benzene ring substituents is 1. The fourth-order valence-electron chi connectivity index (χ4n) is 3.51. The number of aryl methyl sites for hydroxylation is 1. The molecule has 0 aromatic heterocycles. The molecule has 3 aromatic rings. The van der Waals surface area contributed by atoms with E-state index < -0.39 is 22.6 Å². The van der Waals surface area contributed by atoms with Gasteiger partial charge in [-0.05, 0) is 48.4 Å². The molecule has 1 aliphatic heterocycles. The van der Waals surface area contributed by atoms with E-state index >= 15 is 0 Å². The van der Waals surface area contributed by atoms with E-state index in [2.05, 4.69) is 5.32 Å². The van der Waals surface area contributed by atoms with Gasteiger partial charge in [-0.1, -0.05) is 35.9 Å². The van der Waals surface area contributed by atoms with Gasteiger partial charge in [-0.25, -0.2) is 4.39 Å². The van der Waals surface area contributed by atoms with Gasteiger partial charge in [0.25, 0.3) is 17.5 Å². The second-order valence-electron chi connectivity index (χ2n) is 7.43. The molecule has 166 valence electrons. The maximum absolute atomic E-state index is 14.2. The molecule has 0 atom stereocenters. The molecule has 0 spiro atoms. The first kappa shape index (κ1) is 22.2. The molecule has 3 aromatic carbocycles. The molecule has 0 aliphatic carbocycles. The number of rotatable bonds is 6. The Hall–Kier alpha value is -4.04. The lowest BCUT2D eigenvalue weighted by Crippen LogP contribution is -2.32. The molecule has 4 rings (SSSR count). The topological polar surface area (TPSA) is 92.6 Å². The van der Waals surface area contributed by atoms with Gasteiger partial charge in [-0.2, -0.15) is 0 Å². The van der Waals surface area contributed by atoms with Crippen LogP contribution in [0.25, 0.3) is 5.57 Å². The molecular weight excluding hydrogens is 449 g/mol. The number of carbonyl (C=O) groups excluding carboxylic acids is 2. The van der Waals surface area contributed by atoms with Crippen molar-refractivity contribution in [1.82, 2.24) is 4.90 Å². The summed E-state index contributed by atoms with van der Waals surface area (Å²) >= 11 is 6.10. The van der Waals surface area contributed by atoms with Crippen molar-refractivity contribution in [3.63, 3.8) is 0 Å². The molecule has 33 heavy (non-hydrogen) atoms. The van der Waals surface area contributed by atoms with Crippen molar-refractivity contribution < 1.29 is 18.9 Å². The lowest BCUT2D eigenvalue weighted by atomic mass is 10.0. The lowest BCUT2D eigenvalue weighted by Gasteiger charge is -2.16. The highest BCUT2D eigenvalue weighted by molar-refractivity contribution is 6.36. The van der Waals surface area contributed by atoms with Crippen LogP contribution in [0.2, 0.25) is 5.02 Å². The number of amides is 2. The number of hydrogen-bond acceptors (Lipinski definition) is 5. The number of nitrogens with zero attached hydrogens (tertiary/aromatic N) is 2. The summed E-state index contributed by atoms with van der Waals surface area (Å²) in [6, 6.07) is 16.3.